The summed E-state index contributed by atoms with van der Waals surface area (Å²) in [5.41, 5.74) is 2.36. The molecule has 0 saturated heterocycles. The van der Waals surface area contributed by atoms with Crippen LogP contribution in [0.15, 0.2) is 55.1 Å². The van der Waals surface area contributed by atoms with Crippen molar-refractivity contribution in [3.8, 4) is 0 Å². The highest BCUT2D eigenvalue weighted by Gasteiger charge is 2.17. The van der Waals surface area contributed by atoms with Gasteiger partial charge in [-0.2, -0.15) is 5.10 Å². The van der Waals surface area contributed by atoms with Crippen LogP contribution >= 0.6 is 0 Å². The first-order valence-corrected chi connectivity index (χ1v) is 6.97. The molecule has 3 rings (SSSR count). The molecule has 0 bridgehead atoms. The fourth-order valence-electron chi connectivity index (χ4n) is 2.44. The van der Waals surface area contributed by atoms with E-state index in [1.165, 1.54) is 5.56 Å². The number of imidazole rings is 1. The molecule has 0 unspecified atom stereocenters. The summed E-state index contributed by atoms with van der Waals surface area (Å²) >= 11 is 0. The molecule has 0 amide bonds. The Morgan fingerprint density at radius 3 is 2.62 bits per heavy atom. The maximum Gasteiger partial charge on any atom is 0.130 e. The molecule has 0 aliphatic carbocycles. The van der Waals surface area contributed by atoms with E-state index in [0.29, 0.717) is 0 Å². The Bertz CT molecular complexity index is 698. The lowest BCUT2D eigenvalue weighted by Crippen LogP contribution is -2.24. The highest BCUT2D eigenvalue weighted by Crippen LogP contribution is 2.20. The lowest BCUT2D eigenvalue weighted by Gasteiger charge is -2.18. The van der Waals surface area contributed by atoms with Gasteiger partial charge in [0, 0.05) is 44.8 Å². The summed E-state index contributed by atoms with van der Waals surface area (Å²) in [6.07, 6.45) is 7.70. The first-order valence-electron chi connectivity index (χ1n) is 6.97. The lowest BCUT2D eigenvalue weighted by atomic mass is 10.1. The minimum atomic E-state index is 0.0615. The van der Waals surface area contributed by atoms with Gasteiger partial charge in [0.05, 0.1) is 12.2 Å². The molecule has 2 heterocycles. The molecule has 1 N–H and O–H groups in total. The Balaban J connectivity index is 1.84. The van der Waals surface area contributed by atoms with Crippen molar-refractivity contribution in [2.45, 2.75) is 12.6 Å². The zero-order valence-electron chi connectivity index (χ0n) is 12.3. The molecular weight excluding hydrogens is 262 g/mol. The Hall–Kier alpha value is -2.40. The van der Waals surface area contributed by atoms with Gasteiger partial charge in [-0.15, -0.1) is 0 Å². The second-order valence-electron chi connectivity index (χ2n) is 5.14. The summed E-state index contributed by atoms with van der Waals surface area (Å²) in [6.45, 7) is 0.750. The molecule has 0 radical (unpaired) electrons. The van der Waals surface area contributed by atoms with Gasteiger partial charge in [-0.3, -0.25) is 10.00 Å². The fourth-order valence-corrected chi connectivity index (χ4v) is 2.44. The number of hydrogen-bond donors (Lipinski definition) is 1. The van der Waals surface area contributed by atoms with E-state index in [4.69, 9.17) is 0 Å². The zero-order chi connectivity index (χ0) is 14.7. The Kier molecular flexibility index (Phi) is 3.83. The molecular formula is C16H19N5. The second-order valence-corrected chi connectivity index (χ2v) is 5.14. The van der Waals surface area contributed by atoms with E-state index in [2.05, 4.69) is 39.7 Å². The highest BCUT2D eigenvalue weighted by atomic mass is 15.2. The third-order valence-electron chi connectivity index (χ3n) is 3.52. The van der Waals surface area contributed by atoms with E-state index in [1.54, 1.807) is 0 Å². The Labute approximate surface area is 124 Å². The molecule has 21 heavy (non-hydrogen) atoms. The van der Waals surface area contributed by atoms with Gasteiger partial charge in [-0.25, -0.2) is 4.98 Å². The zero-order valence-corrected chi connectivity index (χ0v) is 12.3. The van der Waals surface area contributed by atoms with Crippen molar-refractivity contribution >= 4 is 0 Å². The van der Waals surface area contributed by atoms with Gasteiger partial charge < -0.3 is 4.57 Å². The van der Waals surface area contributed by atoms with Crippen LogP contribution in [0.3, 0.4) is 0 Å². The van der Waals surface area contributed by atoms with Crippen LogP contribution in [0.5, 0.6) is 0 Å². The minimum absolute atomic E-state index is 0.0615. The average molecular weight is 281 g/mol. The third-order valence-corrected chi connectivity index (χ3v) is 3.52. The van der Waals surface area contributed by atoms with Crippen LogP contribution in [0.4, 0.5) is 0 Å². The predicted molar refractivity (Wildman–Crippen MR) is 81.5 cm³/mol. The molecule has 2 aromatic heterocycles. The molecule has 1 aromatic carbocycles. The second kappa shape index (κ2) is 5.93. The standard InChI is InChI=1S/C16H19N5/c1-20-9-8-17-16(20)15(14-6-4-3-5-7-14)18-10-13-11-19-21(2)12-13/h3-9,11-12,15,18H,10H2,1-2H3/t15-/m0/s1. The van der Waals surface area contributed by atoms with E-state index in [-0.39, 0.29) is 6.04 Å². The van der Waals surface area contributed by atoms with Crippen molar-refractivity contribution in [3.63, 3.8) is 0 Å². The quantitative estimate of drug-likeness (QED) is 0.778. The minimum Gasteiger partial charge on any atom is -0.336 e. The van der Waals surface area contributed by atoms with E-state index < -0.39 is 0 Å². The molecule has 0 aliphatic rings. The summed E-state index contributed by atoms with van der Waals surface area (Å²) in [7, 11) is 3.95. The fraction of sp³-hybridized carbons (Fsp3) is 0.250. The summed E-state index contributed by atoms with van der Waals surface area (Å²) < 4.78 is 3.86. The normalized spacial score (nSPS) is 12.5. The van der Waals surface area contributed by atoms with Crippen LogP contribution in [0.25, 0.3) is 0 Å². The molecule has 108 valence electrons. The summed E-state index contributed by atoms with van der Waals surface area (Å²) in [5.74, 6) is 1.00. The molecule has 1 atom stereocenters. The van der Waals surface area contributed by atoms with E-state index >= 15 is 0 Å². The summed E-state index contributed by atoms with van der Waals surface area (Å²) in [6, 6.07) is 10.4. The number of rotatable bonds is 5. The summed E-state index contributed by atoms with van der Waals surface area (Å²) in [5, 5.41) is 7.78. The lowest BCUT2D eigenvalue weighted by molar-refractivity contribution is 0.558. The van der Waals surface area contributed by atoms with Crippen molar-refractivity contribution in [2.75, 3.05) is 0 Å². The molecule has 0 spiro atoms. The van der Waals surface area contributed by atoms with E-state index in [0.717, 1.165) is 17.9 Å². The highest BCUT2D eigenvalue weighted by molar-refractivity contribution is 5.25. The van der Waals surface area contributed by atoms with Gasteiger partial charge >= 0.3 is 0 Å². The molecule has 5 nitrogen and oxygen atoms in total. The van der Waals surface area contributed by atoms with Gasteiger partial charge in [-0.1, -0.05) is 30.3 Å². The predicted octanol–water partition coefficient (Wildman–Crippen LogP) is 2.03. The van der Waals surface area contributed by atoms with E-state index in [9.17, 15) is 0 Å². The Morgan fingerprint density at radius 2 is 2.00 bits per heavy atom. The van der Waals surface area contributed by atoms with E-state index in [1.807, 2.05) is 54.2 Å². The molecule has 0 aliphatic heterocycles. The number of benzene rings is 1. The number of hydrogen-bond acceptors (Lipinski definition) is 3. The summed E-state index contributed by atoms with van der Waals surface area (Å²) in [4.78, 5) is 4.49. The van der Waals surface area contributed by atoms with Crippen molar-refractivity contribution < 1.29 is 0 Å². The van der Waals surface area contributed by atoms with Crippen molar-refractivity contribution in [2.24, 2.45) is 14.1 Å². The number of aromatic nitrogens is 4. The largest absolute Gasteiger partial charge is 0.336 e. The molecule has 5 heteroatoms. The van der Waals surface area contributed by atoms with Gasteiger partial charge in [0.2, 0.25) is 0 Å². The maximum atomic E-state index is 4.49. The van der Waals surface area contributed by atoms with Gasteiger partial charge in [0.1, 0.15) is 5.82 Å². The van der Waals surface area contributed by atoms with Gasteiger partial charge in [0.15, 0.2) is 0 Å². The Morgan fingerprint density at radius 1 is 1.19 bits per heavy atom. The van der Waals surface area contributed by atoms with Crippen LogP contribution in [0, 0.1) is 0 Å². The van der Waals surface area contributed by atoms with Crippen molar-refractivity contribution in [1.82, 2.24) is 24.6 Å². The first-order chi connectivity index (χ1) is 10.2. The van der Waals surface area contributed by atoms with Crippen LogP contribution < -0.4 is 5.32 Å². The average Bonchev–Trinajstić information content (AvgIpc) is 3.10. The number of aryl methyl sites for hydroxylation is 2. The SMILES string of the molecule is Cn1cc(CN[C@@H](c2ccccc2)c2nccn2C)cn1. The smallest absolute Gasteiger partial charge is 0.130 e. The maximum absolute atomic E-state index is 4.49. The molecule has 0 saturated carbocycles. The van der Waals surface area contributed by atoms with Gasteiger partial charge in [-0.05, 0) is 5.56 Å². The molecule has 0 fully saturated rings. The molecule has 3 aromatic rings. The van der Waals surface area contributed by atoms with Crippen LogP contribution in [-0.2, 0) is 20.6 Å². The van der Waals surface area contributed by atoms with Crippen LogP contribution in [-0.4, -0.2) is 19.3 Å². The van der Waals surface area contributed by atoms with Crippen molar-refractivity contribution in [3.05, 3.63) is 72.1 Å². The van der Waals surface area contributed by atoms with Gasteiger partial charge in [0.25, 0.3) is 0 Å². The monoisotopic (exact) mass is 281 g/mol. The first kappa shape index (κ1) is 13.6. The topological polar surface area (TPSA) is 47.7 Å². The van der Waals surface area contributed by atoms with Crippen molar-refractivity contribution in [1.29, 1.82) is 0 Å². The number of nitrogens with zero attached hydrogens (tertiary/aromatic N) is 4. The van der Waals surface area contributed by atoms with Crippen LogP contribution in [0.2, 0.25) is 0 Å². The third kappa shape index (κ3) is 3.03. The van der Waals surface area contributed by atoms with Crippen LogP contribution in [0.1, 0.15) is 23.0 Å². The number of nitrogens with one attached hydrogen (secondary N) is 1.